The highest BCUT2D eigenvalue weighted by molar-refractivity contribution is 7.98. The molecule has 3 heterocycles. The lowest BCUT2D eigenvalue weighted by atomic mass is 9.79. The number of hydrogen-bond acceptors (Lipinski definition) is 4. The van der Waals surface area contributed by atoms with Crippen LogP contribution in [0, 0.1) is 0 Å². The van der Waals surface area contributed by atoms with Gasteiger partial charge in [0.1, 0.15) is 6.04 Å². The number of thioether (sulfide) groups is 1. The molecule has 0 spiro atoms. The molecule has 1 N–H and O–H groups in total. The number of fused-ring (bicyclic) bond motifs is 5. The Morgan fingerprint density at radius 2 is 1.74 bits per heavy atom. The molecule has 0 radical (unpaired) electrons. The van der Waals surface area contributed by atoms with Crippen molar-refractivity contribution in [1.29, 1.82) is 0 Å². The number of rotatable bonds is 2. The fraction of sp³-hybridized carbons (Fsp3) is 0.241. The second-order valence-corrected chi connectivity index (χ2v) is 10.7. The van der Waals surface area contributed by atoms with Crippen LogP contribution in [0.25, 0.3) is 10.8 Å². The summed E-state index contributed by atoms with van der Waals surface area (Å²) in [5.74, 6) is -1.64. The first-order chi connectivity index (χ1) is 18.2. The van der Waals surface area contributed by atoms with Gasteiger partial charge in [-0.3, -0.25) is 9.59 Å². The van der Waals surface area contributed by atoms with Gasteiger partial charge in [-0.05, 0) is 40.5 Å². The molecular formula is C29H23F3N2O3S. The van der Waals surface area contributed by atoms with E-state index in [2.05, 4.69) is 6.07 Å². The van der Waals surface area contributed by atoms with Gasteiger partial charge in [0.15, 0.2) is 11.4 Å². The van der Waals surface area contributed by atoms with Crippen molar-refractivity contribution >= 4 is 28.4 Å². The number of pyridine rings is 1. The van der Waals surface area contributed by atoms with Crippen LogP contribution in [0.4, 0.5) is 13.2 Å². The second kappa shape index (κ2) is 8.94. The van der Waals surface area contributed by atoms with Crippen LogP contribution in [-0.4, -0.2) is 39.2 Å². The average molecular weight is 537 g/mol. The van der Waals surface area contributed by atoms with E-state index in [1.54, 1.807) is 11.8 Å². The quantitative estimate of drug-likeness (QED) is 0.337. The van der Waals surface area contributed by atoms with Gasteiger partial charge >= 0.3 is 6.18 Å². The Morgan fingerprint density at radius 3 is 2.53 bits per heavy atom. The van der Waals surface area contributed by atoms with E-state index in [4.69, 9.17) is 0 Å². The number of carbonyl (C=O) groups is 1. The van der Waals surface area contributed by atoms with Crippen LogP contribution in [0.1, 0.15) is 46.1 Å². The molecule has 1 amide bonds. The summed E-state index contributed by atoms with van der Waals surface area (Å²) in [6, 6.07) is 18.1. The van der Waals surface area contributed by atoms with Crippen molar-refractivity contribution in [3.8, 4) is 5.75 Å². The van der Waals surface area contributed by atoms with Crippen LogP contribution >= 0.6 is 11.8 Å². The van der Waals surface area contributed by atoms with Crippen LogP contribution in [0.3, 0.4) is 0 Å². The Bertz CT molecular complexity index is 1650. The van der Waals surface area contributed by atoms with Crippen molar-refractivity contribution in [1.82, 2.24) is 9.47 Å². The Balaban J connectivity index is 1.67. The summed E-state index contributed by atoms with van der Waals surface area (Å²) < 4.78 is 43.4. The first kappa shape index (κ1) is 24.6. The molecule has 2 aliphatic rings. The summed E-state index contributed by atoms with van der Waals surface area (Å²) >= 11 is 1.66. The molecule has 3 atom stereocenters. The van der Waals surface area contributed by atoms with Crippen LogP contribution in [0.5, 0.6) is 5.75 Å². The van der Waals surface area contributed by atoms with Gasteiger partial charge in [-0.15, -0.1) is 11.8 Å². The van der Waals surface area contributed by atoms with Crippen LogP contribution in [0.2, 0.25) is 0 Å². The molecule has 9 heteroatoms. The van der Waals surface area contributed by atoms with Gasteiger partial charge < -0.3 is 14.6 Å². The normalized spacial score (nSPS) is 19.9. The van der Waals surface area contributed by atoms with Crippen molar-refractivity contribution in [2.24, 2.45) is 0 Å². The van der Waals surface area contributed by atoms with Crippen molar-refractivity contribution < 1.29 is 23.1 Å². The summed E-state index contributed by atoms with van der Waals surface area (Å²) in [6.07, 6.45) is -3.27. The van der Waals surface area contributed by atoms with E-state index < -0.39 is 47.0 Å². The Hall–Kier alpha value is -3.72. The molecule has 5 nitrogen and oxygen atoms in total. The first-order valence-corrected chi connectivity index (χ1v) is 13.2. The van der Waals surface area contributed by atoms with E-state index in [1.165, 1.54) is 10.8 Å². The van der Waals surface area contributed by atoms with Gasteiger partial charge in [-0.1, -0.05) is 54.6 Å². The van der Waals surface area contributed by atoms with Gasteiger partial charge in [-0.2, -0.15) is 13.2 Å². The molecule has 0 saturated heterocycles. The molecule has 1 aromatic heterocycles. The first-order valence-electron chi connectivity index (χ1n) is 12.2. The third-order valence-electron chi connectivity index (χ3n) is 7.64. The van der Waals surface area contributed by atoms with Gasteiger partial charge in [-0.25, -0.2) is 0 Å². The predicted octanol–water partition coefficient (Wildman–Crippen LogP) is 6.09. The highest BCUT2D eigenvalue weighted by atomic mass is 32.2. The summed E-state index contributed by atoms with van der Waals surface area (Å²) in [5.41, 5.74) is 1.72. The SMILES string of the molecule is C[C@@H](N1CC([C@@H]2c3ccccc3SCc3ccc4ccccc4c32)n2ccc(=O)c(O)c2C1=O)C(F)(F)F. The lowest BCUT2D eigenvalue weighted by Gasteiger charge is -2.43. The number of aromatic hydroxyl groups is 1. The van der Waals surface area contributed by atoms with E-state index in [1.807, 2.05) is 54.6 Å². The number of benzene rings is 3. The minimum atomic E-state index is -4.69. The fourth-order valence-corrected chi connectivity index (χ4v) is 6.83. The summed E-state index contributed by atoms with van der Waals surface area (Å²) in [7, 11) is 0. The van der Waals surface area contributed by atoms with E-state index in [-0.39, 0.29) is 6.54 Å². The second-order valence-electron chi connectivity index (χ2n) is 9.69. The van der Waals surface area contributed by atoms with Gasteiger partial charge in [0.25, 0.3) is 5.91 Å². The smallest absolute Gasteiger partial charge is 0.408 e. The van der Waals surface area contributed by atoms with Gasteiger partial charge in [0, 0.05) is 35.4 Å². The lowest BCUT2D eigenvalue weighted by Crippen LogP contribution is -2.54. The van der Waals surface area contributed by atoms with E-state index in [0.717, 1.165) is 50.2 Å². The van der Waals surface area contributed by atoms with E-state index >= 15 is 0 Å². The standard InChI is InChI=1S/C29H23F3N2O3S/c1-16(29(30,31)32)34-14-21(33-13-12-22(35)27(36)26(33)28(34)37)25-20-8-4-5-9-23(20)38-15-18-11-10-17-6-2-3-7-19(17)24(18)25/h2-13,16,21,25,36H,14-15H2,1H3/t16-,21?,25+/m1/s1. The van der Waals surface area contributed by atoms with Crippen molar-refractivity contribution in [3.05, 3.63) is 106 Å². The zero-order valence-corrected chi connectivity index (χ0v) is 21.1. The molecule has 0 bridgehead atoms. The number of alkyl halides is 3. The van der Waals surface area contributed by atoms with Crippen LogP contribution in [0.15, 0.2) is 82.6 Å². The number of halogens is 3. The van der Waals surface area contributed by atoms with Crippen LogP contribution < -0.4 is 5.43 Å². The molecule has 2 aliphatic heterocycles. The van der Waals surface area contributed by atoms with Crippen molar-refractivity contribution in [2.75, 3.05) is 6.54 Å². The van der Waals surface area contributed by atoms with Crippen LogP contribution in [-0.2, 0) is 5.75 Å². The Morgan fingerprint density at radius 1 is 1.00 bits per heavy atom. The maximum absolute atomic E-state index is 14.0. The molecule has 0 fully saturated rings. The predicted molar refractivity (Wildman–Crippen MR) is 140 cm³/mol. The number of hydrogen-bond donors (Lipinski definition) is 1. The highest BCUT2D eigenvalue weighted by Gasteiger charge is 2.48. The largest absolute Gasteiger partial charge is 0.503 e. The van der Waals surface area contributed by atoms with Crippen molar-refractivity contribution in [3.63, 3.8) is 0 Å². The van der Waals surface area contributed by atoms with E-state index in [9.17, 15) is 27.9 Å². The molecule has 4 aromatic rings. The molecule has 0 saturated carbocycles. The Kier molecular flexibility index (Phi) is 5.79. The van der Waals surface area contributed by atoms with Gasteiger partial charge in [0.05, 0.1) is 6.04 Å². The Labute approximate surface area is 220 Å². The topological polar surface area (TPSA) is 62.5 Å². The summed E-state index contributed by atoms with van der Waals surface area (Å²) in [5, 5.41) is 12.7. The third-order valence-corrected chi connectivity index (χ3v) is 8.78. The highest BCUT2D eigenvalue weighted by Crippen LogP contribution is 2.50. The molecule has 3 aromatic carbocycles. The third kappa shape index (κ3) is 3.79. The maximum atomic E-state index is 14.0. The average Bonchev–Trinajstić information content (AvgIpc) is 3.07. The van der Waals surface area contributed by atoms with Gasteiger partial charge in [0.2, 0.25) is 5.43 Å². The lowest BCUT2D eigenvalue weighted by molar-refractivity contribution is -0.174. The minimum absolute atomic E-state index is 0.249. The molecular weight excluding hydrogens is 513 g/mol. The number of amides is 1. The number of aromatic nitrogens is 1. The van der Waals surface area contributed by atoms with E-state index in [0.29, 0.717) is 5.75 Å². The minimum Gasteiger partial charge on any atom is -0.503 e. The number of nitrogens with zero attached hydrogens (tertiary/aromatic N) is 2. The summed E-state index contributed by atoms with van der Waals surface area (Å²) in [6.45, 7) is 0.685. The zero-order valence-electron chi connectivity index (χ0n) is 20.3. The fourth-order valence-electron chi connectivity index (χ4n) is 5.73. The molecule has 1 unspecified atom stereocenters. The molecule has 0 aliphatic carbocycles. The zero-order chi connectivity index (χ0) is 26.8. The maximum Gasteiger partial charge on any atom is 0.408 e. The summed E-state index contributed by atoms with van der Waals surface area (Å²) in [4.78, 5) is 27.5. The molecule has 6 rings (SSSR count). The molecule has 194 valence electrons. The van der Waals surface area contributed by atoms with Crippen molar-refractivity contribution in [2.45, 2.75) is 41.7 Å². The number of carbonyl (C=O) groups excluding carboxylic acids is 1. The molecule has 38 heavy (non-hydrogen) atoms. The monoisotopic (exact) mass is 536 g/mol.